The molecule has 9 heteroatoms. The molecule has 0 fully saturated rings. The first-order chi connectivity index (χ1) is 16.6. The predicted octanol–water partition coefficient (Wildman–Crippen LogP) is 4.58. The number of rotatable bonds is 5. The Kier molecular flexibility index (Phi) is 5.51. The summed E-state index contributed by atoms with van der Waals surface area (Å²) in [6.07, 6.45) is 1.92. The van der Waals surface area contributed by atoms with Crippen LogP contribution in [0.25, 0.3) is 0 Å². The molecular formula is C25H21N5O4. The quantitative estimate of drug-likeness (QED) is 0.322. The van der Waals surface area contributed by atoms with Crippen molar-refractivity contribution in [2.45, 2.75) is 18.5 Å². The van der Waals surface area contributed by atoms with Crippen LogP contribution in [0.1, 0.15) is 40.0 Å². The minimum absolute atomic E-state index is 0.00118. The third kappa shape index (κ3) is 3.66. The van der Waals surface area contributed by atoms with Gasteiger partial charge in [0.15, 0.2) is 0 Å². The minimum Gasteiger partial charge on any atom is -0.497 e. The molecule has 4 aromatic rings. The molecule has 0 unspecified atom stereocenters. The number of benzene rings is 3. The van der Waals surface area contributed by atoms with Gasteiger partial charge in [-0.2, -0.15) is 10.1 Å². The monoisotopic (exact) mass is 455 g/mol. The molecule has 0 spiro atoms. The van der Waals surface area contributed by atoms with E-state index in [0.717, 1.165) is 11.1 Å². The van der Waals surface area contributed by atoms with Crippen molar-refractivity contribution >= 4 is 17.5 Å². The molecule has 1 aliphatic rings. The summed E-state index contributed by atoms with van der Waals surface area (Å²) in [7, 11) is 1.59. The van der Waals surface area contributed by atoms with Gasteiger partial charge in [0.05, 0.1) is 24.1 Å². The fraction of sp³-hybridized carbons (Fsp3) is 0.160. The summed E-state index contributed by atoms with van der Waals surface area (Å²) in [6, 6.07) is 22.7. The van der Waals surface area contributed by atoms with Gasteiger partial charge in [-0.1, -0.05) is 54.6 Å². The molecule has 0 bridgehead atoms. The van der Waals surface area contributed by atoms with Crippen LogP contribution in [-0.2, 0) is 0 Å². The van der Waals surface area contributed by atoms with Gasteiger partial charge in [0.2, 0.25) is 5.95 Å². The number of para-hydroxylation sites is 1. The van der Waals surface area contributed by atoms with Crippen LogP contribution in [0.3, 0.4) is 0 Å². The highest BCUT2D eigenvalue weighted by Crippen LogP contribution is 2.43. The van der Waals surface area contributed by atoms with Crippen LogP contribution < -0.4 is 9.64 Å². The Hall–Kier alpha value is -4.53. The van der Waals surface area contributed by atoms with Crippen LogP contribution in [0.2, 0.25) is 0 Å². The average molecular weight is 455 g/mol. The lowest BCUT2D eigenvalue weighted by molar-refractivity contribution is -0.385. The molecule has 3 aromatic carbocycles. The molecule has 0 aliphatic carbocycles. The topological polar surface area (TPSA) is 103 Å². The van der Waals surface area contributed by atoms with Crippen molar-refractivity contribution in [3.63, 3.8) is 0 Å². The van der Waals surface area contributed by atoms with Gasteiger partial charge in [-0.25, -0.2) is 4.68 Å². The van der Waals surface area contributed by atoms with Crippen LogP contribution in [0.4, 0.5) is 11.6 Å². The van der Waals surface area contributed by atoms with Crippen molar-refractivity contribution in [3.8, 4) is 5.75 Å². The molecule has 0 saturated carbocycles. The van der Waals surface area contributed by atoms with Crippen LogP contribution in [-0.4, -0.2) is 32.7 Å². The number of carbonyl (C=O) groups is 1. The SMILES string of the molecule is COc1ccc([C@@H]2C[C@@H](c3ccccc3)n3ncnc3N2C(=O)c2ccccc2[N+](=O)[O-])cc1. The maximum atomic E-state index is 13.9. The number of fused-ring (bicyclic) bond motifs is 1. The molecule has 0 N–H and O–H groups in total. The number of hydrogen-bond acceptors (Lipinski definition) is 6. The fourth-order valence-electron chi connectivity index (χ4n) is 4.43. The normalized spacial score (nSPS) is 17.1. The van der Waals surface area contributed by atoms with Gasteiger partial charge in [-0.05, 0) is 35.7 Å². The van der Waals surface area contributed by atoms with E-state index >= 15 is 0 Å². The molecular weight excluding hydrogens is 434 g/mol. The number of aromatic nitrogens is 3. The predicted molar refractivity (Wildman–Crippen MR) is 125 cm³/mol. The Labute approximate surface area is 195 Å². The summed E-state index contributed by atoms with van der Waals surface area (Å²) in [5, 5.41) is 16.1. The Morgan fingerprint density at radius 3 is 2.35 bits per heavy atom. The van der Waals surface area contributed by atoms with Crippen LogP contribution >= 0.6 is 0 Å². The zero-order valence-electron chi connectivity index (χ0n) is 18.3. The van der Waals surface area contributed by atoms with Crippen molar-refractivity contribution in [2.75, 3.05) is 12.0 Å². The fourth-order valence-corrected chi connectivity index (χ4v) is 4.43. The summed E-state index contributed by atoms with van der Waals surface area (Å²) < 4.78 is 7.00. The highest BCUT2D eigenvalue weighted by Gasteiger charge is 2.41. The molecule has 1 aliphatic heterocycles. The number of nitro groups is 1. The second-order valence-corrected chi connectivity index (χ2v) is 7.91. The second-order valence-electron chi connectivity index (χ2n) is 7.91. The molecule has 5 rings (SSSR count). The van der Waals surface area contributed by atoms with E-state index in [1.165, 1.54) is 23.4 Å². The van der Waals surface area contributed by atoms with Gasteiger partial charge in [-0.15, -0.1) is 0 Å². The van der Waals surface area contributed by atoms with Crippen molar-refractivity contribution in [1.29, 1.82) is 0 Å². The number of nitrogens with zero attached hydrogens (tertiary/aromatic N) is 5. The van der Waals surface area contributed by atoms with Crippen LogP contribution in [0.15, 0.2) is 85.2 Å². The van der Waals surface area contributed by atoms with E-state index in [2.05, 4.69) is 10.1 Å². The minimum atomic E-state index is -0.545. The Morgan fingerprint density at radius 2 is 1.65 bits per heavy atom. The van der Waals surface area contributed by atoms with Gasteiger partial charge in [-0.3, -0.25) is 19.8 Å². The van der Waals surface area contributed by atoms with Crippen molar-refractivity contribution in [1.82, 2.24) is 14.8 Å². The van der Waals surface area contributed by atoms with Crippen LogP contribution in [0, 0.1) is 10.1 Å². The zero-order valence-corrected chi connectivity index (χ0v) is 18.3. The number of methoxy groups -OCH3 is 1. The van der Waals surface area contributed by atoms with E-state index in [9.17, 15) is 14.9 Å². The summed E-state index contributed by atoms with van der Waals surface area (Å²) >= 11 is 0. The molecule has 0 saturated heterocycles. The summed E-state index contributed by atoms with van der Waals surface area (Å²) in [5.41, 5.74) is 1.64. The van der Waals surface area contributed by atoms with Crippen molar-refractivity contribution in [3.05, 3.63) is 112 Å². The third-order valence-electron chi connectivity index (χ3n) is 6.06. The average Bonchev–Trinajstić information content (AvgIpc) is 3.38. The molecule has 34 heavy (non-hydrogen) atoms. The van der Waals surface area contributed by atoms with E-state index < -0.39 is 16.9 Å². The number of anilines is 1. The van der Waals surface area contributed by atoms with Crippen LogP contribution in [0.5, 0.6) is 5.75 Å². The maximum Gasteiger partial charge on any atom is 0.282 e. The number of carbonyl (C=O) groups excluding carboxylic acids is 1. The lowest BCUT2D eigenvalue weighted by Gasteiger charge is -2.39. The summed E-state index contributed by atoms with van der Waals surface area (Å²) in [6.45, 7) is 0. The molecule has 1 aromatic heterocycles. The Morgan fingerprint density at radius 1 is 0.971 bits per heavy atom. The van der Waals surface area contributed by atoms with Gasteiger partial charge in [0.25, 0.3) is 11.6 Å². The lowest BCUT2D eigenvalue weighted by Crippen LogP contribution is -2.42. The number of nitro benzene ring substituents is 1. The smallest absolute Gasteiger partial charge is 0.282 e. The Bertz CT molecular complexity index is 1340. The van der Waals surface area contributed by atoms with Crippen molar-refractivity contribution in [2.24, 2.45) is 0 Å². The second kappa shape index (κ2) is 8.78. The van der Waals surface area contributed by atoms with E-state index in [-0.39, 0.29) is 17.3 Å². The summed E-state index contributed by atoms with van der Waals surface area (Å²) in [4.78, 5) is 30.9. The van der Waals surface area contributed by atoms with E-state index in [4.69, 9.17) is 4.74 Å². The van der Waals surface area contributed by atoms with Gasteiger partial charge >= 0.3 is 0 Å². The third-order valence-corrected chi connectivity index (χ3v) is 6.06. The largest absolute Gasteiger partial charge is 0.497 e. The first-order valence-corrected chi connectivity index (χ1v) is 10.7. The maximum absolute atomic E-state index is 13.9. The first-order valence-electron chi connectivity index (χ1n) is 10.7. The highest BCUT2D eigenvalue weighted by molar-refractivity contribution is 6.08. The molecule has 2 heterocycles. The Balaban J connectivity index is 1.66. The van der Waals surface area contributed by atoms with E-state index in [1.54, 1.807) is 23.9 Å². The molecule has 170 valence electrons. The number of hydrogen-bond donors (Lipinski definition) is 0. The highest BCUT2D eigenvalue weighted by atomic mass is 16.6. The molecule has 1 amide bonds. The lowest BCUT2D eigenvalue weighted by atomic mass is 9.91. The molecule has 9 nitrogen and oxygen atoms in total. The number of ether oxygens (including phenoxy) is 1. The van der Waals surface area contributed by atoms with Gasteiger partial charge < -0.3 is 4.74 Å². The summed E-state index contributed by atoms with van der Waals surface area (Å²) in [5.74, 6) is 0.525. The standard InChI is InChI=1S/C25H21N5O4/c1-34-19-13-11-18(12-14-19)22-15-23(17-7-3-2-4-8-17)29-25(26-16-27-29)28(22)24(31)20-9-5-6-10-21(20)30(32)33/h2-14,16,22-23H,15H2,1H3/t22-,23-/m0/s1. The van der Waals surface area contributed by atoms with Gasteiger partial charge in [0.1, 0.15) is 17.6 Å². The van der Waals surface area contributed by atoms with E-state index in [0.29, 0.717) is 18.1 Å². The molecule has 0 radical (unpaired) electrons. The molecule has 2 atom stereocenters. The van der Waals surface area contributed by atoms with Gasteiger partial charge in [0, 0.05) is 6.07 Å². The number of amides is 1. The van der Waals surface area contributed by atoms with Crippen molar-refractivity contribution < 1.29 is 14.5 Å². The zero-order chi connectivity index (χ0) is 23.7. The van der Waals surface area contributed by atoms with E-state index in [1.807, 2.05) is 54.6 Å². The first kappa shape index (κ1) is 21.3.